The molecule has 15 nitrogen and oxygen atoms in total. The van der Waals surface area contributed by atoms with Gasteiger partial charge in [0.2, 0.25) is 21.8 Å². The van der Waals surface area contributed by atoms with Crippen LogP contribution in [-0.2, 0) is 33.9 Å². The van der Waals surface area contributed by atoms with Gasteiger partial charge in [-0.05, 0) is 69.7 Å². The molecule has 0 spiro atoms. The van der Waals surface area contributed by atoms with Gasteiger partial charge in [-0.25, -0.2) is 18.0 Å². The summed E-state index contributed by atoms with van der Waals surface area (Å²) >= 11 is 0. The molecule has 5 atom stereocenters. The standard InChI is InChI=1S/C38H49N5O10S/c1-8-23-21-38(23,33(46)42-54(49,50)26-18-19-26)41-31(44)28-20-25(22-43(28)32(45)30(36(2,3)4)40-35(48)53-37(5,6)7)52-34(47)39-27-16-12-13-17-29(27)51-24-14-10-9-11-15-24/h8-17,23,25-26,28,30H,1,18-22H2,2-7H3,(H,39,47)(H,40,48)(H,41,44)(H,42,46)/t23?,25-,28?,30-,38-/m1/s1. The molecule has 2 aliphatic carbocycles. The largest absolute Gasteiger partial charge is 0.455 e. The third-order valence-corrected chi connectivity index (χ3v) is 11.1. The second-order valence-electron chi connectivity index (χ2n) is 15.9. The van der Waals surface area contributed by atoms with Crippen molar-refractivity contribution in [3.05, 3.63) is 67.3 Å². The van der Waals surface area contributed by atoms with Gasteiger partial charge < -0.3 is 29.7 Å². The number of hydrogen-bond acceptors (Lipinski definition) is 10. The minimum Gasteiger partial charge on any atom is -0.455 e. The van der Waals surface area contributed by atoms with Crippen molar-refractivity contribution in [2.75, 3.05) is 11.9 Å². The third kappa shape index (κ3) is 9.70. The summed E-state index contributed by atoms with van der Waals surface area (Å²) in [7, 11) is -3.94. The van der Waals surface area contributed by atoms with Gasteiger partial charge in [-0.3, -0.25) is 24.4 Å². The topological polar surface area (TPSA) is 199 Å². The number of rotatable bonds is 12. The molecule has 2 aromatic rings. The third-order valence-electron chi connectivity index (χ3n) is 9.24. The Morgan fingerprint density at radius 1 is 0.944 bits per heavy atom. The van der Waals surface area contributed by atoms with Crippen LogP contribution < -0.4 is 25.4 Å². The van der Waals surface area contributed by atoms with Crippen molar-refractivity contribution < 1.29 is 46.6 Å². The molecule has 54 heavy (non-hydrogen) atoms. The van der Waals surface area contributed by atoms with E-state index >= 15 is 0 Å². The first-order chi connectivity index (χ1) is 25.2. The van der Waals surface area contributed by atoms with Gasteiger partial charge in [0, 0.05) is 12.3 Å². The fourth-order valence-corrected chi connectivity index (χ4v) is 7.56. The van der Waals surface area contributed by atoms with Crippen molar-refractivity contribution in [1.82, 2.24) is 20.3 Å². The summed E-state index contributed by atoms with van der Waals surface area (Å²) in [5.41, 5.74) is -3.06. The number of para-hydroxylation sites is 3. The first-order valence-corrected chi connectivity index (χ1v) is 19.4. The molecule has 0 radical (unpaired) electrons. The fraction of sp³-hybridized carbons (Fsp3) is 0.500. The average Bonchev–Trinajstić information content (AvgIpc) is 4.00. The summed E-state index contributed by atoms with van der Waals surface area (Å²) < 4.78 is 44.5. The number of nitrogens with one attached hydrogen (secondary N) is 4. The molecule has 1 aliphatic heterocycles. The van der Waals surface area contributed by atoms with E-state index in [4.69, 9.17) is 14.2 Å². The number of likely N-dealkylation sites (tertiary alicyclic amines) is 1. The lowest BCUT2D eigenvalue weighted by molar-refractivity contribution is -0.143. The van der Waals surface area contributed by atoms with Gasteiger partial charge in [-0.1, -0.05) is 57.2 Å². The Morgan fingerprint density at radius 2 is 1.59 bits per heavy atom. The van der Waals surface area contributed by atoms with Crippen LogP contribution in [0.1, 0.15) is 67.2 Å². The lowest BCUT2D eigenvalue weighted by Crippen LogP contribution is -2.60. The van der Waals surface area contributed by atoms with Gasteiger partial charge in [0.15, 0.2) is 5.75 Å². The number of anilines is 1. The first-order valence-electron chi connectivity index (χ1n) is 17.8. The Bertz CT molecular complexity index is 1890. The first kappa shape index (κ1) is 40.1. The summed E-state index contributed by atoms with van der Waals surface area (Å²) in [6, 6.07) is 13.2. The van der Waals surface area contributed by atoms with Crippen LogP contribution in [-0.4, -0.2) is 84.3 Å². The van der Waals surface area contributed by atoms with Crippen LogP contribution in [0.2, 0.25) is 0 Å². The van der Waals surface area contributed by atoms with Crippen molar-refractivity contribution in [3.63, 3.8) is 0 Å². The van der Waals surface area contributed by atoms with Crippen molar-refractivity contribution >= 4 is 45.6 Å². The number of carbonyl (C=O) groups is 5. The summed E-state index contributed by atoms with van der Waals surface area (Å²) in [4.78, 5) is 69.4. The highest BCUT2D eigenvalue weighted by atomic mass is 32.2. The molecule has 3 fully saturated rings. The monoisotopic (exact) mass is 767 g/mol. The Hall–Kier alpha value is -5.12. The van der Waals surface area contributed by atoms with Crippen molar-refractivity contribution in [1.29, 1.82) is 0 Å². The van der Waals surface area contributed by atoms with Crippen LogP contribution in [0.4, 0.5) is 15.3 Å². The molecule has 5 rings (SSSR count). The zero-order valence-electron chi connectivity index (χ0n) is 31.3. The average molecular weight is 768 g/mol. The molecule has 5 amide bonds. The van der Waals surface area contributed by atoms with E-state index in [0.29, 0.717) is 30.0 Å². The number of amides is 5. The van der Waals surface area contributed by atoms with E-state index in [-0.39, 0.29) is 19.4 Å². The van der Waals surface area contributed by atoms with Crippen molar-refractivity contribution in [2.45, 2.75) is 102 Å². The second kappa shape index (κ2) is 15.3. The van der Waals surface area contributed by atoms with E-state index in [0.717, 1.165) is 0 Å². The van der Waals surface area contributed by atoms with Gasteiger partial charge in [0.25, 0.3) is 5.91 Å². The van der Waals surface area contributed by atoms with Crippen LogP contribution in [0.25, 0.3) is 0 Å². The molecule has 3 aliphatic rings. The lowest BCUT2D eigenvalue weighted by Gasteiger charge is -2.36. The van der Waals surface area contributed by atoms with Crippen LogP contribution >= 0.6 is 0 Å². The maximum atomic E-state index is 14.4. The molecule has 0 bridgehead atoms. The Kier molecular flexibility index (Phi) is 11.4. The highest BCUT2D eigenvalue weighted by Crippen LogP contribution is 2.45. The predicted molar refractivity (Wildman–Crippen MR) is 199 cm³/mol. The van der Waals surface area contributed by atoms with Gasteiger partial charge in [-0.15, -0.1) is 6.58 Å². The van der Waals surface area contributed by atoms with Gasteiger partial charge in [-0.2, -0.15) is 0 Å². The number of hydrogen-bond donors (Lipinski definition) is 4. The molecule has 4 N–H and O–H groups in total. The van der Waals surface area contributed by atoms with E-state index in [1.54, 1.807) is 90.1 Å². The molecule has 1 heterocycles. The number of ether oxygens (including phenoxy) is 3. The summed E-state index contributed by atoms with van der Waals surface area (Å²) in [6.07, 6.45) is -0.511. The predicted octanol–water partition coefficient (Wildman–Crippen LogP) is 4.61. The highest BCUT2D eigenvalue weighted by Gasteiger charge is 2.62. The molecule has 2 saturated carbocycles. The molecule has 2 aromatic carbocycles. The van der Waals surface area contributed by atoms with Gasteiger partial charge in [0.1, 0.15) is 35.1 Å². The van der Waals surface area contributed by atoms with Crippen molar-refractivity contribution in [2.24, 2.45) is 11.3 Å². The number of nitrogens with zero attached hydrogens (tertiary/aromatic N) is 1. The maximum Gasteiger partial charge on any atom is 0.412 e. The molecular formula is C38H49N5O10S. The summed E-state index contributed by atoms with van der Waals surface area (Å²) in [6.45, 7) is 13.7. The normalized spacial score (nSPS) is 22.9. The molecular weight excluding hydrogens is 719 g/mol. The second-order valence-corrected chi connectivity index (χ2v) is 17.9. The van der Waals surface area contributed by atoms with Gasteiger partial charge >= 0.3 is 12.2 Å². The smallest absolute Gasteiger partial charge is 0.412 e. The number of carbonyl (C=O) groups excluding carboxylic acids is 5. The Balaban J connectivity index is 1.38. The highest BCUT2D eigenvalue weighted by molar-refractivity contribution is 7.91. The van der Waals surface area contributed by atoms with E-state index < -0.39 is 85.8 Å². The van der Waals surface area contributed by atoms with E-state index in [9.17, 15) is 32.4 Å². The molecule has 1 saturated heterocycles. The number of benzene rings is 2. The minimum absolute atomic E-state index is 0.0898. The quantitative estimate of drug-likeness (QED) is 0.221. The van der Waals surface area contributed by atoms with Crippen LogP contribution in [0, 0.1) is 11.3 Å². The molecule has 292 valence electrons. The zero-order valence-corrected chi connectivity index (χ0v) is 32.2. The molecule has 16 heteroatoms. The van der Waals surface area contributed by atoms with Crippen molar-refractivity contribution in [3.8, 4) is 11.5 Å². The lowest BCUT2D eigenvalue weighted by atomic mass is 9.85. The van der Waals surface area contributed by atoms with Crippen LogP contribution in [0.15, 0.2) is 67.3 Å². The summed E-state index contributed by atoms with van der Waals surface area (Å²) in [5, 5.41) is 7.34. The van der Waals surface area contributed by atoms with Crippen LogP contribution in [0.5, 0.6) is 11.5 Å². The molecule has 0 aromatic heterocycles. The minimum atomic E-state index is -3.94. The fourth-order valence-electron chi connectivity index (χ4n) is 6.20. The van der Waals surface area contributed by atoms with E-state index in [2.05, 4.69) is 27.3 Å². The maximum absolute atomic E-state index is 14.4. The SMILES string of the molecule is C=CC1C[C@]1(NC(=O)C1C[C@@H](OC(=O)Nc2ccccc2Oc2ccccc2)CN1C(=O)[C@@H](NC(=O)OC(C)(C)C)C(C)(C)C)C(=O)NS(=O)(=O)C1CC1. The molecule has 2 unspecified atom stereocenters. The number of sulfonamides is 1. The van der Waals surface area contributed by atoms with Gasteiger partial charge in [0.05, 0.1) is 17.5 Å². The zero-order chi connectivity index (χ0) is 39.6. The van der Waals surface area contributed by atoms with E-state index in [1.165, 1.54) is 11.0 Å². The summed E-state index contributed by atoms with van der Waals surface area (Å²) in [5.74, 6) is -2.02. The van der Waals surface area contributed by atoms with Crippen LogP contribution in [0.3, 0.4) is 0 Å². The Morgan fingerprint density at radius 3 is 2.19 bits per heavy atom. The van der Waals surface area contributed by atoms with E-state index in [1.807, 2.05) is 6.07 Å². The Labute approximate surface area is 315 Å². The number of alkyl carbamates (subject to hydrolysis) is 1.